The topological polar surface area (TPSA) is 96.4 Å². The van der Waals surface area contributed by atoms with Crippen molar-refractivity contribution in [2.75, 3.05) is 18.5 Å². The fourth-order valence-electron chi connectivity index (χ4n) is 6.58. The van der Waals surface area contributed by atoms with Crippen molar-refractivity contribution >= 4 is 11.9 Å². The van der Waals surface area contributed by atoms with Gasteiger partial charge in [0.25, 0.3) is 5.91 Å². The van der Waals surface area contributed by atoms with Crippen LogP contribution in [0.3, 0.4) is 0 Å². The molecule has 2 unspecified atom stereocenters. The molecule has 1 aromatic heterocycles. The molecule has 7 nitrogen and oxygen atoms in total. The molecule has 4 bridgehead atoms. The maximum Gasteiger partial charge on any atom is 0.254 e. The van der Waals surface area contributed by atoms with Crippen molar-refractivity contribution in [1.82, 2.24) is 15.3 Å². The standard InChI is InChI=1S/C22H30N4O3/c27-20(25-18-14-4-12-5-15(18)8-22(28,6-12)7-14)17-9-23-21(24-16-10-29-11-16)26-19(17)13-2-1-3-13/h9,12-16,18,28H,1-8,10-11H2,(H,25,27)(H,23,24,26)/t12?,14?,15?,18-,22+. The second kappa shape index (κ2) is 6.64. The molecule has 1 aromatic rings. The number of anilines is 1. The Bertz CT molecular complexity index is 806. The van der Waals surface area contributed by atoms with Gasteiger partial charge in [0.2, 0.25) is 5.95 Å². The first-order valence-electron chi connectivity index (χ1n) is 11.3. The van der Waals surface area contributed by atoms with Crippen LogP contribution in [-0.4, -0.2) is 51.9 Å². The Labute approximate surface area is 171 Å². The van der Waals surface area contributed by atoms with Gasteiger partial charge in [-0.25, -0.2) is 9.97 Å². The van der Waals surface area contributed by atoms with Gasteiger partial charge in [0.15, 0.2) is 0 Å². The molecule has 5 saturated carbocycles. The monoisotopic (exact) mass is 398 g/mol. The highest BCUT2D eigenvalue weighted by Crippen LogP contribution is 2.55. The number of ether oxygens (including phenoxy) is 1. The van der Waals surface area contributed by atoms with Crippen molar-refractivity contribution in [1.29, 1.82) is 0 Å². The lowest BCUT2D eigenvalue weighted by Crippen LogP contribution is -2.61. The zero-order chi connectivity index (χ0) is 19.6. The van der Waals surface area contributed by atoms with Crippen LogP contribution in [0, 0.1) is 17.8 Å². The summed E-state index contributed by atoms with van der Waals surface area (Å²) in [5.41, 5.74) is 1.06. The van der Waals surface area contributed by atoms with E-state index in [1.165, 1.54) is 6.42 Å². The molecule has 1 amide bonds. The second-order valence-electron chi connectivity index (χ2n) is 10.2. The van der Waals surface area contributed by atoms with Gasteiger partial charge in [-0.1, -0.05) is 6.42 Å². The van der Waals surface area contributed by atoms with Crippen LogP contribution >= 0.6 is 0 Å². The molecular weight excluding hydrogens is 368 g/mol. The van der Waals surface area contributed by atoms with Gasteiger partial charge in [-0.2, -0.15) is 0 Å². The van der Waals surface area contributed by atoms with Crippen molar-refractivity contribution < 1.29 is 14.6 Å². The van der Waals surface area contributed by atoms with E-state index in [9.17, 15) is 9.90 Å². The molecule has 7 rings (SSSR count). The summed E-state index contributed by atoms with van der Waals surface area (Å²) in [5.74, 6) is 2.38. The number of rotatable bonds is 5. The highest BCUT2D eigenvalue weighted by atomic mass is 16.5. The van der Waals surface area contributed by atoms with Gasteiger partial charge in [-0.05, 0) is 62.7 Å². The highest BCUT2D eigenvalue weighted by molar-refractivity contribution is 5.95. The lowest BCUT2D eigenvalue weighted by molar-refractivity contribution is -0.136. The number of aliphatic hydroxyl groups is 1. The van der Waals surface area contributed by atoms with E-state index in [0.29, 0.717) is 48.4 Å². The van der Waals surface area contributed by atoms with E-state index in [0.717, 1.165) is 50.6 Å². The normalized spacial score (nSPS) is 38.4. The Balaban J connectivity index is 1.22. The summed E-state index contributed by atoms with van der Waals surface area (Å²) in [7, 11) is 0. The maximum absolute atomic E-state index is 13.3. The lowest BCUT2D eigenvalue weighted by atomic mass is 9.52. The van der Waals surface area contributed by atoms with E-state index in [1.54, 1.807) is 6.20 Å². The predicted octanol–water partition coefficient (Wildman–Crippen LogP) is 2.22. The summed E-state index contributed by atoms with van der Waals surface area (Å²) >= 11 is 0. The molecule has 2 atom stereocenters. The van der Waals surface area contributed by atoms with Gasteiger partial charge in [0.1, 0.15) is 0 Å². The molecular formula is C22H30N4O3. The average molecular weight is 399 g/mol. The van der Waals surface area contributed by atoms with Crippen molar-refractivity contribution in [2.45, 2.75) is 75.0 Å². The van der Waals surface area contributed by atoms with Gasteiger partial charge in [-0.3, -0.25) is 4.79 Å². The quantitative estimate of drug-likeness (QED) is 0.704. The third-order valence-corrected chi connectivity index (χ3v) is 8.06. The second-order valence-corrected chi connectivity index (χ2v) is 10.2. The van der Waals surface area contributed by atoms with Gasteiger partial charge in [0.05, 0.1) is 36.1 Å². The Kier molecular flexibility index (Phi) is 4.14. The highest BCUT2D eigenvalue weighted by Gasteiger charge is 2.55. The van der Waals surface area contributed by atoms with E-state index < -0.39 is 5.60 Å². The van der Waals surface area contributed by atoms with Crippen LogP contribution in [0.25, 0.3) is 0 Å². The van der Waals surface area contributed by atoms with Gasteiger partial charge in [0, 0.05) is 18.2 Å². The smallest absolute Gasteiger partial charge is 0.254 e. The predicted molar refractivity (Wildman–Crippen MR) is 107 cm³/mol. The van der Waals surface area contributed by atoms with Crippen LogP contribution in [-0.2, 0) is 4.74 Å². The number of amides is 1. The van der Waals surface area contributed by atoms with Crippen LogP contribution in [0.1, 0.15) is 73.3 Å². The van der Waals surface area contributed by atoms with Crippen molar-refractivity contribution in [3.63, 3.8) is 0 Å². The van der Waals surface area contributed by atoms with Gasteiger partial charge >= 0.3 is 0 Å². The molecule has 6 fully saturated rings. The number of nitrogens with one attached hydrogen (secondary N) is 2. The average Bonchev–Trinajstić information content (AvgIpc) is 2.58. The Morgan fingerprint density at radius 3 is 2.52 bits per heavy atom. The maximum atomic E-state index is 13.3. The van der Waals surface area contributed by atoms with Crippen molar-refractivity contribution in [2.24, 2.45) is 17.8 Å². The zero-order valence-corrected chi connectivity index (χ0v) is 16.8. The van der Waals surface area contributed by atoms with Crippen LogP contribution < -0.4 is 10.6 Å². The molecule has 156 valence electrons. The molecule has 0 spiro atoms. The van der Waals surface area contributed by atoms with Gasteiger partial charge < -0.3 is 20.5 Å². The van der Waals surface area contributed by atoms with E-state index in [-0.39, 0.29) is 18.0 Å². The molecule has 29 heavy (non-hydrogen) atoms. The first-order chi connectivity index (χ1) is 14.1. The molecule has 1 aliphatic heterocycles. The molecule has 0 aromatic carbocycles. The van der Waals surface area contributed by atoms with E-state index in [4.69, 9.17) is 9.72 Å². The van der Waals surface area contributed by atoms with Crippen molar-refractivity contribution in [3.05, 3.63) is 17.5 Å². The Hall–Kier alpha value is -1.73. The first kappa shape index (κ1) is 18.1. The zero-order valence-electron chi connectivity index (χ0n) is 16.8. The Morgan fingerprint density at radius 1 is 1.17 bits per heavy atom. The fourth-order valence-corrected chi connectivity index (χ4v) is 6.58. The van der Waals surface area contributed by atoms with E-state index in [1.807, 2.05) is 0 Å². The molecule has 5 aliphatic carbocycles. The molecule has 6 aliphatic rings. The molecule has 0 radical (unpaired) electrons. The third kappa shape index (κ3) is 3.13. The number of carbonyl (C=O) groups excluding carboxylic acids is 1. The fraction of sp³-hybridized carbons (Fsp3) is 0.773. The number of aromatic nitrogens is 2. The number of hydrogen-bond acceptors (Lipinski definition) is 6. The molecule has 3 N–H and O–H groups in total. The summed E-state index contributed by atoms with van der Waals surface area (Å²) in [6.45, 7) is 1.37. The Morgan fingerprint density at radius 2 is 1.93 bits per heavy atom. The van der Waals surface area contributed by atoms with Crippen LogP contribution in [0.2, 0.25) is 0 Å². The number of hydrogen-bond donors (Lipinski definition) is 3. The minimum atomic E-state index is -0.476. The lowest BCUT2D eigenvalue weighted by Gasteiger charge is -2.58. The van der Waals surface area contributed by atoms with Crippen LogP contribution in [0.15, 0.2) is 6.20 Å². The number of carbonyl (C=O) groups is 1. The summed E-state index contributed by atoms with van der Waals surface area (Å²) in [5, 5.41) is 17.5. The summed E-state index contributed by atoms with van der Waals surface area (Å²) in [6.07, 6.45) is 10.00. The minimum Gasteiger partial charge on any atom is -0.390 e. The molecule has 7 heteroatoms. The third-order valence-electron chi connectivity index (χ3n) is 8.06. The van der Waals surface area contributed by atoms with Crippen LogP contribution in [0.5, 0.6) is 0 Å². The number of nitrogens with zero attached hydrogens (tertiary/aromatic N) is 2. The summed E-state index contributed by atoms with van der Waals surface area (Å²) in [6, 6.07) is 0.446. The summed E-state index contributed by atoms with van der Waals surface area (Å²) < 4.78 is 5.22. The van der Waals surface area contributed by atoms with E-state index >= 15 is 0 Å². The SMILES string of the molecule is O=C(N[C@H]1C2CC3CC1C[C@@](O)(C3)C2)c1cnc(NC2COC2)nc1C1CCC1. The largest absolute Gasteiger partial charge is 0.390 e. The van der Waals surface area contributed by atoms with E-state index in [2.05, 4.69) is 15.6 Å². The van der Waals surface area contributed by atoms with Gasteiger partial charge in [-0.15, -0.1) is 0 Å². The minimum absolute atomic E-state index is 0.0325. The molecule has 2 heterocycles. The van der Waals surface area contributed by atoms with Crippen LogP contribution in [0.4, 0.5) is 5.95 Å². The first-order valence-corrected chi connectivity index (χ1v) is 11.3. The molecule has 1 saturated heterocycles. The van der Waals surface area contributed by atoms with Crippen molar-refractivity contribution in [3.8, 4) is 0 Å². The summed E-state index contributed by atoms with van der Waals surface area (Å²) in [4.78, 5) is 22.5.